The van der Waals surface area contributed by atoms with E-state index in [1.165, 1.54) is 0 Å². The van der Waals surface area contributed by atoms with Gasteiger partial charge in [0.05, 0.1) is 0 Å². The highest BCUT2D eigenvalue weighted by Gasteiger charge is 2.03. The highest BCUT2D eigenvalue weighted by atomic mass is 32.5. The van der Waals surface area contributed by atoms with Crippen molar-refractivity contribution in [2.45, 2.75) is 0 Å². The summed E-state index contributed by atoms with van der Waals surface area (Å²) in [6, 6.07) is 9.06. The second-order valence-corrected chi connectivity index (χ2v) is 4.99. The summed E-state index contributed by atoms with van der Waals surface area (Å²) in [4.78, 5) is 17.6. The van der Waals surface area contributed by atoms with Crippen LogP contribution >= 0.6 is 6.64 Å². The lowest BCUT2D eigenvalue weighted by Gasteiger charge is -2.11. The van der Waals surface area contributed by atoms with E-state index in [0.717, 1.165) is 5.69 Å². The number of benzene rings is 1. The van der Waals surface area contributed by atoms with Gasteiger partial charge in [-0.1, -0.05) is 18.2 Å². The van der Waals surface area contributed by atoms with Gasteiger partial charge in [-0.2, -0.15) is 5.20 Å². The maximum Gasteiger partial charge on any atom is 0.273 e. The van der Waals surface area contributed by atoms with Crippen LogP contribution in [0.1, 0.15) is 0 Å². The van der Waals surface area contributed by atoms with Crippen molar-refractivity contribution in [3.63, 3.8) is 0 Å². The minimum Gasteiger partial charge on any atom is -0.333 e. The smallest absolute Gasteiger partial charge is 0.273 e. The van der Waals surface area contributed by atoms with Crippen LogP contribution < -0.4 is 10.6 Å². The van der Waals surface area contributed by atoms with E-state index in [1.807, 2.05) is 18.2 Å². The summed E-state index contributed by atoms with van der Waals surface area (Å²) < 4.78 is 0. The van der Waals surface area contributed by atoms with Crippen molar-refractivity contribution in [1.82, 2.24) is 5.20 Å². The van der Waals surface area contributed by atoms with Crippen LogP contribution in [0.15, 0.2) is 30.3 Å². The normalized spacial score (nSPS) is 11.2. The number of hydrazine groups is 1. The van der Waals surface area contributed by atoms with Gasteiger partial charge in [-0.25, -0.2) is 0 Å². The lowest BCUT2D eigenvalue weighted by molar-refractivity contribution is 0.467. The summed E-state index contributed by atoms with van der Waals surface area (Å²) in [5.74, 6) is 0. The molecule has 0 atom stereocenters. The van der Waals surface area contributed by atoms with Crippen LogP contribution in [-0.4, -0.2) is 9.79 Å². The third-order valence-corrected chi connectivity index (χ3v) is 1.80. The van der Waals surface area contributed by atoms with Crippen LogP contribution in [0.25, 0.3) is 0 Å². The van der Waals surface area contributed by atoms with Crippen LogP contribution in [0.5, 0.6) is 0 Å². The molecule has 4 N–H and O–H groups in total. The summed E-state index contributed by atoms with van der Waals surface area (Å²) in [6.07, 6.45) is 0. The molecule has 0 saturated carbocycles. The van der Waals surface area contributed by atoms with Crippen molar-refractivity contribution in [2.75, 3.05) is 5.43 Å². The number of rotatable bonds is 3. The van der Waals surface area contributed by atoms with Crippen molar-refractivity contribution in [3.05, 3.63) is 30.3 Å². The van der Waals surface area contributed by atoms with Crippen molar-refractivity contribution < 1.29 is 9.79 Å². The van der Waals surface area contributed by atoms with Gasteiger partial charge in [-0.05, 0) is 23.9 Å². The van der Waals surface area contributed by atoms with Crippen molar-refractivity contribution >= 4 is 24.1 Å². The summed E-state index contributed by atoms with van der Waals surface area (Å²) in [7, 11) is 0. The third-order valence-electron chi connectivity index (χ3n) is 1.12. The Morgan fingerprint density at radius 2 is 1.75 bits per heavy atom. The van der Waals surface area contributed by atoms with E-state index in [4.69, 9.17) is 9.79 Å². The quantitative estimate of drug-likeness (QED) is 0.433. The maximum absolute atomic E-state index is 8.79. The van der Waals surface area contributed by atoms with E-state index in [-0.39, 0.29) is 0 Å². The Morgan fingerprint density at radius 3 is 2.25 bits per heavy atom. The first-order chi connectivity index (χ1) is 5.58. The molecule has 0 aliphatic carbocycles. The van der Waals surface area contributed by atoms with Crippen LogP contribution in [0, 0.1) is 0 Å². The van der Waals surface area contributed by atoms with Crippen LogP contribution in [0.4, 0.5) is 5.69 Å². The van der Waals surface area contributed by atoms with E-state index in [0.29, 0.717) is 0 Å². The average Bonchev–Trinajstić information content (AvgIpc) is 2.02. The summed E-state index contributed by atoms with van der Waals surface area (Å²) in [5, 5.41) is 2.23. The monoisotopic (exact) mass is 204 g/mol. The van der Waals surface area contributed by atoms with E-state index in [9.17, 15) is 0 Å². The maximum atomic E-state index is 8.79. The molecule has 0 aromatic heterocycles. The molecule has 0 spiro atoms. The van der Waals surface area contributed by atoms with E-state index < -0.39 is 6.64 Å². The Morgan fingerprint density at radius 1 is 1.17 bits per heavy atom. The van der Waals surface area contributed by atoms with Crippen molar-refractivity contribution in [1.29, 1.82) is 0 Å². The molecular formula is C6H9N2O2PS. The van der Waals surface area contributed by atoms with Gasteiger partial charge < -0.3 is 15.2 Å². The largest absolute Gasteiger partial charge is 0.333 e. The van der Waals surface area contributed by atoms with E-state index in [2.05, 4.69) is 22.4 Å². The van der Waals surface area contributed by atoms with Crippen LogP contribution in [0.3, 0.4) is 0 Å². The fraction of sp³-hybridized carbons (Fsp3) is 0. The molecule has 6 heteroatoms. The number of anilines is 1. The number of nitrogens with one attached hydrogen (secondary N) is 2. The second-order valence-electron chi connectivity index (χ2n) is 2.15. The average molecular weight is 204 g/mol. The molecular weight excluding hydrogens is 195 g/mol. The molecule has 0 aliphatic rings. The van der Waals surface area contributed by atoms with E-state index in [1.54, 1.807) is 12.1 Å². The summed E-state index contributed by atoms with van der Waals surface area (Å²) in [5.41, 5.74) is 3.31. The topological polar surface area (TPSA) is 64.5 Å². The molecule has 12 heavy (non-hydrogen) atoms. The predicted molar refractivity (Wildman–Crippen MR) is 51.9 cm³/mol. The van der Waals surface area contributed by atoms with Gasteiger partial charge in [0.2, 0.25) is 0 Å². The Kier molecular flexibility index (Phi) is 3.20. The van der Waals surface area contributed by atoms with Crippen LogP contribution in [-0.2, 0) is 11.8 Å². The SMILES string of the molecule is OP(O)(=S)NNc1ccccc1. The molecule has 1 aromatic carbocycles. The molecule has 0 aliphatic heterocycles. The first kappa shape index (κ1) is 9.64. The van der Waals surface area contributed by atoms with Gasteiger partial charge >= 0.3 is 0 Å². The molecule has 1 aromatic rings. The lowest BCUT2D eigenvalue weighted by atomic mass is 10.3. The molecule has 0 fully saturated rings. The van der Waals surface area contributed by atoms with Crippen LogP contribution in [0.2, 0.25) is 0 Å². The van der Waals surface area contributed by atoms with Gasteiger partial charge in [-0.15, -0.1) is 0 Å². The van der Waals surface area contributed by atoms with Gasteiger partial charge in [0.1, 0.15) is 0 Å². The lowest BCUT2D eigenvalue weighted by Crippen LogP contribution is -2.17. The Hall–Kier alpha value is -0.450. The fourth-order valence-corrected chi connectivity index (χ4v) is 1.07. The number of para-hydroxylation sites is 1. The van der Waals surface area contributed by atoms with Gasteiger partial charge in [-0.3, -0.25) is 0 Å². The molecule has 0 radical (unpaired) electrons. The first-order valence-corrected chi connectivity index (χ1v) is 5.92. The Bertz CT molecular complexity index is 287. The zero-order valence-corrected chi connectivity index (χ0v) is 7.85. The minimum absolute atomic E-state index is 0.731. The molecule has 66 valence electrons. The molecule has 1 rings (SSSR count). The molecule has 0 amide bonds. The standard InChI is InChI=1S/C6H9N2O2PS/c9-11(10,12)8-7-6-4-2-1-3-5-6/h1-5,7H,(H3,8,9,10,12). The zero-order valence-electron chi connectivity index (χ0n) is 6.14. The van der Waals surface area contributed by atoms with Gasteiger partial charge in [0.25, 0.3) is 6.64 Å². The summed E-state index contributed by atoms with van der Waals surface area (Å²) >= 11 is 4.33. The van der Waals surface area contributed by atoms with Gasteiger partial charge in [0, 0.05) is 5.69 Å². The summed E-state index contributed by atoms with van der Waals surface area (Å²) in [6.45, 7) is -3.36. The number of hydrogen-bond acceptors (Lipinski definition) is 2. The fourth-order valence-electron chi connectivity index (χ4n) is 0.659. The van der Waals surface area contributed by atoms with Crippen molar-refractivity contribution in [2.24, 2.45) is 0 Å². The Labute approximate surface area is 75.4 Å². The molecule has 0 bridgehead atoms. The predicted octanol–water partition coefficient (Wildman–Crippen LogP) is 0.812. The van der Waals surface area contributed by atoms with Gasteiger partial charge in [0.15, 0.2) is 0 Å². The third kappa shape index (κ3) is 3.80. The molecule has 0 unspecified atom stereocenters. The minimum atomic E-state index is -3.36. The first-order valence-electron chi connectivity index (χ1n) is 3.22. The van der Waals surface area contributed by atoms with Crippen molar-refractivity contribution in [3.8, 4) is 0 Å². The Balaban J connectivity index is 2.50. The van der Waals surface area contributed by atoms with E-state index >= 15 is 0 Å². The highest BCUT2D eigenvalue weighted by Crippen LogP contribution is 2.28. The molecule has 4 nitrogen and oxygen atoms in total. The second kappa shape index (κ2) is 3.98. The molecule has 0 heterocycles. The number of hydrogen-bond donors (Lipinski definition) is 4. The zero-order chi connectivity index (χ0) is 9.03. The molecule has 0 saturated heterocycles. The highest BCUT2D eigenvalue weighted by molar-refractivity contribution is 8.08.